The van der Waals surface area contributed by atoms with Crippen molar-refractivity contribution in [3.05, 3.63) is 40.3 Å². The van der Waals surface area contributed by atoms with Gasteiger partial charge in [-0.3, -0.25) is 9.59 Å². The van der Waals surface area contributed by atoms with Gasteiger partial charge >= 0.3 is 0 Å². The lowest BCUT2D eigenvalue weighted by atomic mass is 10.2. The molecule has 0 saturated heterocycles. The van der Waals surface area contributed by atoms with Crippen LogP contribution in [0.1, 0.15) is 26.0 Å². The first-order valence-electron chi connectivity index (χ1n) is 7.69. The summed E-state index contributed by atoms with van der Waals surface area (Å²) in [6.45, 7) is 5.77. The molecule has 0 aliphatic carbocycles. The van der Waals surface area contributed by atoms with Gasteiger partial charge < -0.3 is 5.32 Å². The van der Waals surface area contributed by atoms with Crippen molar-refractivity contribution in [2.75, 3.05) is 0 Å². The van der Waals surface area contributed by atoms with Crippen molar-refractivity contribution in [1.29, 1.82) is 0 Å². The lowest BCUT2D eigenvalue weighted by Gasteiger charge is -2.12. The van der Waals surface area contributed by atoms with E-state index in [0.717, 1.165) is 26.9 Å². The number of carbonyl (C=O) groups excluding carboxylic acids is 1. The number of aromatic nitrogens is 2. The SMILES string of the molecule is CC[C@H](C)NC(=O)Cn1nc(C)c2sc3ccccc3c2c1=O. The van der Waals surface area contributed by atoms with Crippen LogP contribution in [0.5, 0.6) is 0 Å². The number of hydrogen-bond acceptors (Lipinski definition) is 4. The number of nitrogens with one attached hydrogen (secondary N) is 1. The van der Waals surface area contributed by atoms with Crippen LogP contribution in [0.4, 0.5) is 0 Å². The first-order chi connectivity index (χ1) is 11.0. The van der Waals surface area contributed by atoms with Crippen molar-refractivity contribution in [3.8, 4) is 0 Å². The summed E-state index contributed by atoms with van der Waals surface area (Å²) in [5.74, 6) is -0.188. The van der Waals surface area contributed by atoms with Gasteiger partial charge in [0.2, 0.25) is 5.91 Å². The molecule has 2 heterocycles. The largest absolute Gasteiger partial charge is 0.352 e. The van der Waals surface area contributed by atoms with Crippen LogP contribution in [0.15, 0.2) is 29.1 Å². The topological polar surface area (TPSA) is 64.0 Å². The molecule has 0 aliphatic heterocycles. The minimum Gasteiger partial charge on any atom is -0.352 e. The fourth-order valence-corrected chi connectivity index (χ4v) is 3.71. The van der Waals surface area contributed by atoms with Gasteiger partial charge in [-0.2, -0.15) is 5.10 Å². The van der Waals surface area contributed by atoms with E-state index in [-0.39, 0.29) is 24.1 Å². The highest BCUT2D eigenvalue weighted by Crippen LogP contribution is 2.32. The van der Waals surface area contributed by atoms with Gasteiger partial charge in [-0.05, 0) is 26.3 Å². The summed E-state index contributed by atoms with van der Waals surface area (Å²) in [7, 11) is 0. The van der Waals surface area contributed by atoms with Gasteiger partial charge in [-0.25, -0.2) is 4.68 Å². The molecule has 1 aromatic carbocycles. The van der Waals surface area contributed by atoms with E-state index in [9.17, 15) is 9.59 Å². The molecule has 1 atom stereocenters. The summed E-state index contributed by atoms with van der Waals surface area (Å²) < 4.78 is 3.23. The summed E-state index contributed by atoms with van der Waals surface area (Å²) in [6.07, 6.45) is 0.849. The average Bonchev–Trinajstić information content (AvgIpc) is 2.92. The summed E-state index contributed by atoms with van der Waals surface area (Å²) in [5, 5.41) is 8.78. The Morgan fingerprint density at radius 2 is 2.13 bits per heavy atom. The van der Waals surface area contributed by atoms with Crippen LogP contribution in [0.25, 0.3) is 20.2 Å². The maximum absolute atomic E-state index is 12.8. The van der Waals surface area contributed by atoms with Crippen LogP contribution in [0, 0.1) is 6.92 Å². The molecule has 120 valence electrons. The van der Waals surface area contributed by atoms with Crippen molar-refractivity contribution in [1.82, 2.24) is 15.1 Å². The van der Waals surface area contributed by atoms with Gasteiger partial charge in [0.25, 0.3) is 5.56 Å². The van der Waals surface area contributed by atoms with Crippen molar-refractivity contribution in [2.24, 2.45) is 0 Å². The van der Waals surface area contributed by atoms with Gasteiger partial charge in [0.05, 0.1) is 15.8 Å². The first-order valence-corrected chi connectivity index (χ1v) is 8.51. The molecule has 23 heavy (non-hydrogen) atoms. The Bertz CT molecular complexity index is 942. The quantitative estimate of drug-likeness (QED) is 0.800. The van der Waals surface area contributed by atoms with Gasteiger partial charge in [0, 0.05) is 16.1 Å². The van der Waals surface area contributed by atoms with Crippen molar-refractivity contribution in [2.45, 2.75) is 39.8 Å². The standard InChI is InChI=1S/C17H19N3O2S/c1-4-10(2)18-14(21)9-20-17(22)15-12-7-5-6-8-13(12)23-16(15)11(3)19-20/h5-8,10H,4,9H2,1-3H3,(H,18,21)/t10-/m0/s1. The normalized spacial score (nSPS) is 12.7. The minimum absolute atomic E-state index is 0.0515. The maximum atomic E-state index is 12.8. The Hall–Kier alpha value is -2.21. The van der Waals surface area contributed by atoms with Crippen LogP contribution in [0.2, 0.25) is 0 Å². The van der Waals surface area contributed by atoms with Crippen LogP contribution in [-0.2, 0) is 11.3 Å². The lowest BCUT2D eigenvalue weighted by molar-refractivity contribution is -0.122. The second-order valence-corrected chi connectivity index (χ2v) is 6.78. The smallest absolute Gasteiger partial charge is 0.276 e. The summed E-state index contributed by atoms with van der Waals surface area (Å²) in [4.78, 5) is 24.8. The van der Waals surface area contributed by atoms with Crippen LogP contribution >= 0.6 is 11.3 Å². The number of amides is 1. The molecule has 0 aliphatic rings. The lowest BCUT2D eigenvalue weighted by Crippen LogP contribution is -2.38. The molecule has 0 spiro atoms. The maximum Gasteiger partial charge on any atom is 0.276 e. The molecule has 0 saturated carbocycles. The summed E-state index contributed by atoms with van der Waals surface area (Å²) >= 11 is 1.57. The number of nitrogens with zero attached hydrogens (tertiary/aromatic N) is 2. The second-order valence-electron chi connectivity index (χ2n) is 5.73. The molecule has 0 bridgehead atoms. The molecule has 5 nitrogen and oxygen atoms in total. The minimum atomic E-state index is -0.206. The fourth-order valence-electron chi connectivity index (χ4n) is 2.58. The van der Waals surface area contributed by atoms with E-state index in [1.165, 1.54) is 4.68 Å². The third kappa shape index (κ3) is 2.86. The van der Waals surface area contributed by atoms with E-state index in [2.05, 4.69) is 10.4 Å². The van der Waals surface area contributed by atoms with Crippen molar-refractivity contribution < 1.29 is 4.79 Å². The van der Waals surface area contributed by atoms with E-state index >= 15 is 0 Å². The predicted molar refractivity (Wildman–Crippen MR) is 94.0 cm³/mol. The second kappa shape index (κ2) is 6.12. The van der Waals surface area contributed by atoms with E-state index in [4.69, 9.17) is 0 Å². The monoisotopic (exact) mass is 329 g/mol. The zero-order valence-corrected chi connectivity index (χ0v) is 14.2. The average molecular weight is 329 g/mol. The predicted octanol–water partition coefficient (Wildman–Crippen LogP) is 2.83. The summed E-state index contributed by atoms with van der Waals surface area (Å²) in [5.41, 5.74) is 0.569. The van der Waals surface area contributed by atoms with E-state index in [1.54, 1.807) is 11.3 Å². The number of fused-ring (bicyclic) bond motifs is 3. The number of rotatable bonds is 4. The van der Waals surface area contributed by atoms with Gasteiger partial charge in [0.1, 0.15) is 6.54 Å². The highest BCUT2D eigenvalue weighted by Gasteiger charge is 2.16. The van der Waals surface area contributed by atoms with E-state index < -0.39 is 0 Å². The molecule has 3 aromatic rings. The Morgan fingerprint density at radius 1 is 1.39 bits per heavy atom. The fraction of sp³-hybridized carbons (Fsp3) is 0.353. The number of carbonyl (C=O) groups is 1. The Kier molecular flexibility index (Phi) is 4.17. The van der Waals surface area contributed by atoms with Crippen molar-refractivity contribution in [3.63, 3.8) is 0 Å². The zero-order valence-electron chi connectivity index (χ0n) is 13.4. The van der Waals surface area contributed by atoms with Crippen LogP contribution in [0.3, 0.4) is 0 Å². The molecule has 0 unspecified atom stereocenters. The van der Waals surface area contributed by atoms with Crippen molar-refractivity contribution >= 4 is 37.4 Å². The molecule has 6 heteroatoms. The van der Waals surface area contributed by atoms with Gasteiger partial charge in [-0.15, -0.1) is 11.3 Å². The molecular weight excluding hydrogens is 310 g/mol. The molecule has 1 N–H and O–H groups in total. The zero-order chi connectivity index (χ0) is 16.6. The first kappa shape index (κ1) is 15.7. The Morgan fingerprint density at radius 3 is 2.87 bits per heavy atom. The number of aryl methyl sites for hydroxylation is 1. The van der Waals surface area contributed by atoms with E-state index in [0.29, 0.717) is 5.39 Å². The molecule has 3 rings (SSSR count). The highest BCUT2D eigenvalue weighted by atomic mass is 32.1. The Balaban J connectivity index is 2.09. The molecule has 1 amide bonds. The van der Waals surface area contributed by atoms with Crippen LogP contribution in [-0.4, -0.2) is 21.7 Å². The Labute approximate surface area is 137 Å². The molecular formula is C17H19N3O2S. The number of benzene rings is 1. The van der Waals surface area contributed by atoms with Crippen LogP contribution < -0.4 is 10.9 Å². The number of thiophene rings is 1. The third-order valence-corrected chi connectivity index (χ3v) is 5.24. The molecule has 2 aromatic heterocycles. The highest BCUT2D eigenvalue weighted by molar-refractivity contribution is 7.26. The van der Waals surface area contributed by atoms with Gasteiger partial charge in [-0.1, -0.05) is 25.1 Å². The van der Waals surface area contributed by atoms with E-state index in [1.807, 2.05) is 45.0 Å². The molecule has 0 fully saturated rings. The third-order valence-electron chi connectivity index (χ3n) is 3.96. The number of hydrogen-bond donors (Lipinski definition) is 1. The van der Waals surface area contributed by atoms with Gasteiger partial charge in [0.15, 0.2) is 0 Å². The summed E-state index contributed by atoms with van der Waals surface area (Å²) in [6, 6.07) is 7.91. The molecule has 0 radical (unpaired) electrons.